The van der Waals surface area contributed by atoms with Crippen LogP contribution in [0.5, 0.6) is 5.75 Å². The van der Waals surface area contributed by atoms with E-state index in [4.69, 9.17) is 10.5 Å². The number of ether oxygens (including phenoxy) is 1. The normalized spacial score (nSPS) is 28.2. The van der Waals surface area contributed by atoms with Crippen LogP contribution in [0.2, 0.25) is 0 Å². The van der Waals surface area contributed by atoms with E-state index in [0.29, 0.717) is 13.1 Å². The van der Waals surface area contributed by atoms with E-state index in [0.717, 1.165) is 18.7 Å². The molecule has 0 radical (unpaired) electrons. The Morgan fingerprint density at radius 1 is 1.47 bits per heavy atom. The van der Waals surface area contributed by atoms with Crippen molar-refractivity contribution in [2.24, 2.45) is 11.7 Å². The molecule has 1 aliphatic carbocycles. The van der Waals surface area contributed by atoms with Crippen LogP contribution >= 0.6 is 0 Å². The van der Waals surface area contributed by atoms with Gasteiger partial charge in [0.1, 0.15) is 17.4 Å². The van der Waals surface area contributed by atoms with Crippen molar-refractivity contribution in [1.82, 2.24) is 4.57 Å². The number of anilines is 1. The van der Waals surface area contributed by atoms with Gasteiger partial charge in [0.25, 0.3) is 0 Å². The summed E-state index contributed by atoms with van der Waals surface area (Å²) in [4.78, 5) is 26.1. The van der Waals surface area contributed by atoms with Gasteiger partial charge in [-0.3, -0.25) is 4.79 Å². The number of carboxylic acid groups (broad SMARTS) is 1. The van der Waals surface area contributed by atoms with Gasteiger partial charge in [0.05, 0.1) is 24.1 Å². The summed E-state index contributed by atoms with van der Waals surface area (Å²) in [6, 6.07) is 0.404. The summed E-state index contributed by atoms with van der Waals surface area (Å²) in [6.07, 6.45) is 0.973. The zero-order valence-electron chi connectivity index (χ0n) is 17.1. The second-order valence-electron chi connectivity index (χ2n) is 8.53. The SMILES string of the molecule is CC[C@@H]1CN(c2c(F)cc3c(=O)c(C(=O)O)cn([C@@H]4C[C@@H]4F)c3c2OC)C[C@]1(C)N. The molecule has 0 amide bonds. The minimum Gasteiger partial charge on any atom is -0.492 e. The molecule has 3 N–H and O–H groups in total. The highest BCUT2D eigenvalue weighted by atomic mass is 19.1. The first-order valence-corrected chi connectivity index (χ1v) is 9.97. The van der Waals surface area contributed by atoms with Gasteiger partial charge in [-0.1, -0.05) is 6.92 Å². The lowest BCUT2D eigenvalue weighted by Gasteiger charge is -2.26. The number of benzene rings is 1. The van der Waals surface area contributed by atoms with E-state index in [-0.39, 0.29) is 34.7 Å². The van der Waals surface area contributed by atoms with Gasteiger partial charge >= 0.3 is 5.97 Å². The van der Waals surface area contributed by atoms with Crippen LogP contribution in [0.25, 0.3) is 10.9 Å². The molecule has 2 aromatic rings. The number of alkyl halides is 1. The third-order valence-electron chi connectivity index (χ3n) is 6.39. The van der Waals surface area contributed by atoms with E-state index in [9.17, 15) is 19.1 Å². The summed E-state index contributed by atoms with van der Waals surface area (Å²) < 4.78 is 36.2. The maximum absolute atomic E-state index is 15.3. The first-order chi connectivity index (χ1) is 14.1. The molecular weight excluding hydrogens is 396 g/mol. The number of rotatable bonds is 5. The third kappa shape index (κ3) is 3.03. The molecule has 1 aromatic carbocycles. The fraction of sp³-hybridized carbons (Fsp3) is 0.524. The largest absolute Gasteiger partial charge is 0.492 e. The number of hydrogen-bond donors (Lipinski definition) is 2. The molecule has 162 valence electrons. The Hall–Kier alpha value is -2.68. The lowest BCUT2D eigenvalue weighted by molar-refractivity contribution is 0.0694. The van der Waals surface area contributed by atoms with Crippen LogP contribution in [0.15, 0.2) is 17.1 Å². The molecule has 1 saturated heterocycles. The number of halogens is 2. The number of fused-ring (bicyclic) bond motifs is 1. The minimum absolute atomic E-state index is 0.0886. The molecule has 4 rings (SSSR count). The second-order valence-corrected chi connectivity index (χ2v) is 8.53. The van der Waals surface area contributed by atoms with Crippen molar-refractivity contribution < 1.29 is 23.4 Å². The fourth-order valence-electron chi connectivity index (χ4n) is 4.63. The van der Waals surface area contributed by atoms with Gasteiger partial charge in [0.15, 0.2) is 11.6 Å². The van der Waals surface area contributed by atoms with Crippen molar-refractivity contribution >= 4 is 22.6 Å². The Kier molecular flexibility index (Phi) is 4.76. The standard InChI is InChI=1S/C21H25F2N3O4/c1-4-10-7-25(9-21(10,2)24)17-14(23)5-11-16(19(17)30-3)26(15-6-13(15)22)8-12(18(11)27)20(28)29/h5,8,10,13,15H,4,6-7,9,24H2,1-3H3,(H,28,29)/t10-,13+,15-,21+/m1/s1. The van der Waals surface area contributed by atoms with Crippen molar-refractivity contribution in [3.05, 3.63) is 33.9 Å². The number of nitrogens with two attached hydrogens (primary N) is 1. The van der Waals surface area contributed by atoms with Crippen molar-refractivity contribution in [3.63, 3.8) is 0 Å². The molecule has 0 spiro atoms. The lowest BCUT2D eigenvalue weighted by Crippen LogP contribution is -2.44. The molecule has 0 bridgehead atoms. The first kappa shape index (κ1) is 20.6. The predicted molar refractivity (Wildman–Crippen MR) is 109 cm³/mol. The van der Waals surface area contributed by atoms with E-state index >= 15 is 4.39 Å². The molecular formula is C21H25F2N3O4. The highest BCUT2D eigenvalue weighted by molar-refractivity contribution is 5.97. The molecule has 2 fully saturated rings. The highest BCUT2D eigenvalue weighted by Gasteiger charge is 2.43. The van der Waals surface area contributed by atoms with Crippen molar-refractivity contribution in [1.29, 1.82) is 0 Å². The first-order valence-electron chi connectivity index (χ1n) is 9.97. The molecule has 7 nitrogen and oxygen atoms in total. The number of aromatic carboxylic acids is 1. The second kappa shape index (κ2) is 6.94. The minimum atomic E-state index is -1.45. The molecule has 9 heteroatoms. The van der Waals surface area contributed by atoms with E-state index in [1.165, 1.54) is 11.7 Å². The number of aromatic nitrogens is 1. The maximum atomic E-state index is 15.3. The van der Waals surface area contributed by atoms with Crippen LogP contribution in [0.3, 0.4) is 0 Å². The monoisotopic (exact) mass is 421 g/mol. The van der Waals surface area contributed by atoms with E-state index < -0.39 is 40.5 Å². The summed E-state index contributed by atoms with van der Waals surface area (Å²) in [5.74, 6) is -1.93. The van der Waals surface area contributed by atoms with Crippen LogP contribution in [0.4, 0.5) is 14.5 Å². The Morgan fingerprint density at radius 2 is 2.13 bits per heavy atom. The molecule has 2 heterocycles. The Balaban J connectivity index is 2.01. The van der Waals surface area contributed by atoms with E-state index in [1.807, 2.05) is 13.8 Å². The summed E-state index contributed by atoms with van der Waals surface area (Å²) >= 11 is 0. The van der Waals surface area contributed by atoms with Gasteiger partial charge in [-0.25, -0.2) is 13.6 Å². The molecule has 4 atom stereocenters. The van der Waals surface area contributed by atoms with Gasteiger partial charge in [0.2, 0.25) is 5.43 Å². The summed E-state index contributed by atoms with van der Waals surface area (Å²) in [5.41, 5.74) is 4.89. The fourth-order valence-corrected chi connectivity index (χ4v) is 4.63. The lowest BCUT2D eigenvalue weighted by atomic mass is 9.88. The van der Waals surface area contributed by atoms with Crippen molar-refractivity contribution in [2.75, 3.05) is 25.1 Å². The number of carboxylic acids is 1. The van der Waals surface area contributed by atoms with Crippen LogP contribution in [0.1, 0.15) is 43.1 Å². The molecule has 1 saturated carbocycles. The van der Waals surface area contributed by atoms with Gasteiger partial charge in [-0.15, -0.1) is 0 Å². The zero-order valence-corrected chi connectivity index (χ0v) is 17.1. The Bertz CT molecular complexity index is 1100. The van der Waals surface area contributed by atoms with Gasteiger partial charge in [-0.05, 0) is 25.3 Å². The van der Waals surface area contributed by atoms with Gasteiger partial charge in [0, 0.05) is 31.2 Å². The Morgan fingerprint density at radius 3 is 2.63 bits per heavy atom. The quantitative estimate of drug-likeness (QED) is 0.771. The van der Waals surface area contributed by atoms with Crippen molar-refractivity contribution in [2.45, 2.75) is 44.4 Å². The number of carbonyl (C=O) groups is 1. The Labute approximate surface area is 172 Å². The maximum Gasteiger partial charge on any atom is 0.341 e. The average molecular weight is 421 g/mol. The smallest absolute Gasteiger partial charge is 0.341 e. The third-order valence-corrected chi connectivity index (χ3v) is 6.39. The van der Waals surface area contributed by atoms with Crippen LogP contribution in [-0.2, 0) is 0 Å². The van der Waals surface area contributed by atoms with E-state index in [2.05, 4.69) is 0 Å². The number of nitrogens with zero attached hydrogens (tertiary/aromatic N) is 2. The number of pyridine rings is 1. The molecule has 2 aliphatic rings. The molecule has 1 aliphatic heterocycles. The molecule has 1 aromatic heterocycles. The topological polar surface area (TPSA) is 97.8 Å². The van der Waals surface area contributed by atoms with Crippen LogP contribution in [-0.4, -0.2) is 47.6 Å². The summed E-state index contributed by atoms with van der Waals surface area (Å²) in [7, 11) is 1.35. The molecule has 30 heavy (non-hydrogen) atoms. The number of hydrogen-bond acceptors (Lipinski definition) is 5. The van der Waals surface area contributed by atoms with Crippen LogP contribution in [0, 0.1) is 11.7 Å². The number of methoxy groups -OCH3 is 1. The summed E-state index contributed by atoms with van der Waals surface area (Å²) in [5, 5.41) is 9.26. The van der Waals surface area contributed by atoms with Gasteiger partial charge < -0.3 is 25.0 Å². The predicted octanol–water partition coefficient (Wildman–Crippen LogP) is 2.69. The zero-order chi connectivity index (χ0) is 22.0. The molecule has 0 unspecified atom stereocenters. The van der Waals surface area contributed by atoms with Crippen molar-refractivity contribution in [3.8, 4) is 5.75 Å². The van der Waals surface area contributed by atoms with Gasteiger partial charge in [-0.2, -0.15) is 0 Å². The average Bonchev–Trinajstić information content (AvgIpc) is 3.31. The van der Waals surface area contributed by atoms with Crippen LogP contribution < -0.4 is 20.8 Å². The highest BCUT2D eigenvalue weighted by Crippen LogP contribution is 2.46. The summed E-state index contributed by atoms with van der Waals surface area (Å²) in [6.45, 7) is 4.83. The van der Waals surface area contributed by atoms with E-state index in [1.54, 1.807) is 4.90 Å².